The topological polar surface area (TPSA) is 48.1 Å². The van der Waals surface area contributed by atoms with Crippen LogP contribution in [0, 0.1) is 0 Å². The van der Waals surface area contributed by atoms with E-state index in [0.29, 0.717) is 6.61 Å². The van der Waals surface area contributed by atoms with E-state index in [4.69, 9.17) is 10.5 Å². The molecule has 0 radical (unpaired) electrons. The van der Waals surface area contributed by atoms with Crippen molar-refractivity contribution in [2.75, 3.05) is 12.3 Å². The molecule has 1 aromatic heterocycles. The Labute approximate surface area is 101 Å². The summed E-state index contributed by atoms with van der Waals surface area (Å²) in [6.07, 6.45) is 5.45. The molecule has 0 saturated carbocycles. The van der Waals surface area contributed by atoms with Crippen LogP contribution in [-0.4, -0.2) is 11.6 Å². The zero-order valence-corrected chi connectivity index (χ0v) is 9.67. The van der Waals surface area contributed by atoms with E-state index in [1.807, 2.05) is 24.3 Å². The number of ether oxygens (including phenoxy) is 1. The summed E-state index contributed by atoms with van der Waals surface area (Å²) >= 11 is 0. The fourth-order valence-electron chi connectivity index (χ4n) is 1.58. The molecule has 2 aromatic rings. The Bertz CT molecular complexity index is 440. The van der Waals surface area contributed by atoms with Gasteiger partial charge in [-0.15, -0.1) is 0 Å². The van der Waals surface area contributed by atoms with Crippen LogP contribution < -0.4 is 10.5 Å². The molecule has 0 aliphatic heterocycles. The van der Waals surface area contributed by atoms with E-state index in [-0.39, 0.29) is 0 Å². The van der Waals surface area contributed by atoms with Gasteiger partial charge in [-0.1, -0.05) is 12.1 Å². The number of benzene rings is 1. The highest BCUT2D eigenvalue weighted by molar-refractivity contribution is 5.39. The Morgan fingerprint density at radius 2 is 1.94 bits per heavy atom. The molecule has 0 bridgehead atoms. The predicted molar refractivity (Wildman–Crippen MR) is 68.9 cm³/mol. The van der Waals surface area contributed by atoms with Crippen molar-refractivity contribution in [2.45, 2.75) is 12.8 Å². The second-order valence-corrected chi connectivity index (χ2v) is 3.88. The summed E-state index contributed by atoms with van der Waals surface area (Å²) in [6, 6.07) is 11.7. The second-order valence-electron chi connectivity index (χ2n) is 3.88. The van der Waals surface area contributed by atoms with Crippen LogP contribution in [0.15, 0.2) is 48.8 Å². The van der Waals surface area contributed by atoms with Crippen molar-refractivity contribution < 1.29 is 4.74 Å². The third kappa shape index (κ3) is 3.79. The number of aryl methyl sites for hydroxylation is 1. The molecule has 3 nitrogen and oxygen atoms in total. The van der Waals surface area contributed by atoms with E-state index in [1.165, 1.54) is 5.56 Å². The lowest BCUT2D eigenvalue weighted by Gasteiger charge is -2.05. The van der Waals surface area contributed by atoms with Crippen molar-refractivity contribution in [3.8, 4) is 5.75 Å². The van der Waals surface area contributed by atoms with Crippen LogP contribution in [0.2, 0.25) is 0 Å². The van der Waals surface area contributed by atoms with Gasteiger partial charge in [0.25, 0.3) is 0 Å². The molecule has 0 amide bonds. The Kier molecular flexibility index (Phi) is 3.97. The zero-order chi connectivity index (χ0) is 11.9. The van der Waals surface area contributed by atoms with Crippen molar-refractivity contribution in [3.05, 3.63) is 54.4 Å². The maximum atomic E-state index is 5.63. The minimum absolute atomic E-state index is 0.704. The number of nitrogens with zero attached hydrogens (tertiary/aromatic N) is 1. The molecule has 17 heavy (non-hydrogen) atoms. The normalized spacial score (nSPS) is 10.1. The predicted octanol–water partition coefficient (Wildman–Crippen LogP) is 2.68. The third-order valence-corrected chi connectivity index (χ3v) is 2.49. The van der Waals surface area contributed by atoms with Gasteiger partial charge in [0.05, 0.1) is 12.8 Å². The molecule has 0 fully saturated rings. The van der Waals surface area contributed by atoms with Gasteiger partial charge in [0.2, 0.25) is 0 Å². The Morgan fingerprint density at radius 1 is 1.12 bits per heavy atom. The number of hydrogen-bond acceptors (Lipinski definition) is 3. The minimum atomic E-state index is 0.704. The van der Waals surface area contributed by atoms with Gasteiger partial charge in [0.15, 0.2) is 0 Å². The monoisotopic (exact) mass is 228 g/mol. The largest absolute Gasteiger partial charge is 0.492 e. The van der Waals surface area contributed by atoms with Crippen molar-refractivity contribution in [2.24, 2.45) is 0 Å². The molecule has 1 aromatic carbocycles. The first-order valence-corrected chi connectivity index (χ1v) is 5.72. The van der Waals surface area contributed by atoms with Crippen molar-refractivity contribution in [1.29, 1.82) is 0 Å². The van der Waals surface area contributed by atoms with Gasteiger partial charge in [0, 0.05) is 11.9 Å². The third-order valence-electron chi connectivity index (χ3n) is 2.49. The Balaban J connectivity index is 1.71. The van der Waals surface area contributed by atoms with Crippen LogP contribution >= 0.6 is 0 Å². The smallest absolute Gasteiger partial charge is 0.137 e. The van der Waals surface area contributed by atoms with Crippen LogP contribution in [0.25, 0.3) is 0 Å². The summed E-state index contributed by atoms with van der Waals surface area (Å²) in [5.74, 6) is 0.824. The average molecular weight is 228 g/mol. The van der Waals surface area contributed by atoms with E-state index < -0.39 is 0 Å². The first-order chi connectivity index (χ1) is 8.34. The summed E-state index contributed by atoms with van der Waals surface area (Å²) in [5.41, 5.74) is 7.72. The van der Waals surface area contributed by atoms with Crippen molar-refractivity contribution in [3.63, 3.8) is 0 Å². The van der Waals surface area contributed by atoms with Gasteiger partial charge >= 0.3 is 0 Å². The summed E-state index contributed by atoms with van der Waals surface area (Å²) < 4.78 is 5.56. The van der Waals surface area contributed by atoms with Gasteiger partial charge in [-0.05, 0) is 42.7 Å². The minimum Gasteiger partial charge on any atom is -0.492 e. The number of aromatic nitrogens is 1. The zero-order valence-electron chi connectivity index (χ0n) is 9.67. The molecule has 1 heterocycles. The number of nitrogens with two attached hydrogens (primary N) is 1. The highest BCUT2D eigenvalue weighted by Crippen LogP contribution is 2.09. The lowest BCUT2D eigenvalue weighted by Crippen LogP contribution is -1.99. The molecule has 0 unspecified atom stereocenters. The first kappa shape index (κ1) is 11.5. The quantitative estimate of drug-likeness (QED) is 0.632. The number of anilines is 1. The lowest BCUT2D eigenvalue weighted by atomic mass is 10.1. The van der Waals surface area contributed by atoms with Gasteiger partial charge in [-0.2, -0.15) is 0 Å². The van der Waals surface area contributed by atoms with Crippen LogP contribution in [-0.2, 0) is 6.42 Å². The molecule has 0 aliphatic carbocycles. The highest BCUT2D eigenvalue weighted by atomic mass is 16.5. The van der Waals surface area contributed by atoms with Crippen LogP contribution in [0.3, 0.4) is 0 Å². The number of rotatable bonds is 5. The number of nitrogen functional groups attached to an aromatic ring is 1. The fraction of sp³-hybridized carbons (Fsp3) is 0.214. The second kappa shape index (κ2) is 5.89. The number of pyridine rings is 1. The average Bonchev–Trinajstić information content (AvgIpc) is 2.38. The van der Waals surface area contributed by atoms with Gasteiger partial charge in [-0.3, -0.25) is 4.98 Å². The molecule has 0 aliphatic rings. The summed E-state index contributed by atoms with van der Waals surface area (Å²) in [6.45, 7) is 0.704. The fourth-order valence-corrected chi connectivity index (χ4v) is 1.58. The molecular weight excluding hydrogens is 212 g/mol. The first-order valence-electron chi connectivity index (χ1n) is 5.72. The highest BCUT2D eigenvalue weighted by Gasteiger charge is 1.95. The molecule has 3 heteroatoms. The van der Waals surface area contributed by atoms with Gasteiger partial charge in [-0.25, -0.2) is 0 Å². The van der Waals surface area contributed by atoms with Gasteiger partial charge < -0.3 is 10.5 Å². The van der Waals surface area contributed by atoms with E-state index in [0.717, 1.165) is 24.3 Å². The van der Waals surface area contributed by atoms with Crippen molar-refractivity contribution in [1.82, 2.24) is 4.98 Å². The van der Waals surface area contributed by atoms with Gasteiger partial charge in [0.1, 0.15) is 5.75 Å². The summed E-state index contributed by atoms with van der Waals surface area (Å²) in [4.78, 5) is 3.99. The molecule has 2 N–H and O–H groups in total. The SMILES string of the molecule is Nc1ccc(CCCOc2cccnc2)cc1. The maximum absolute atomic E-state index is 5.63. The van der Waals surface area contributed by atoms with E-state index in [9.17, 15) is 0 Å². The van der Waals surface area contributed by atoms with E-state index in [1.54, 1.807) is 12.4 Å². The van der Waals surface area contributed by atoms with Crippen LogP contribution in [0.4, 0.5) is 5.69 Å². The van der Waals surface area contributed by atoms with Crippen molar-refractivity contribution >= 4 is 5.69 Å². The molecular formula is C14H16N2O. The molecule has 0 spiro atoms. The maximum Gasteiger partial charge on any atom is 0.137 e. The lowest BCUT2D eigenvalue weighted by molar-refractivity contribution is 0.310. The number of hydrogen-bond donors (Lipinski definition) is 1. The summed E-state index contributed by atoms with van der Waals surface area (Å²) in [7, 11) is 0. The molecule has 0 atom stereocenters. The van der Waals surface area contributed by atoms with E-state index >= 15 is 0 Å². The Hall–Kier alpha value is -2.03. The summed E-state index contributed by atoms with van der Waals surface area (Å²) in [5, 5.41) is 0. The Morgan fingerprint density at radius 3 is 2.65 bits per heavy atom. The van der Waals surface area contributed by atoms with E-state index in [2.05, 4.69) is 17.1 Å². The van der Waals surface area contributed by atoms with Crippen LogP contribution in [0.1, 0.15) is 12.0 Å². The molecule has 2 rings (SSSR count). The standard InChI is InChI=1S/C14H16N2O/c15-13-7-5-12(6-8-13)3-2-10-17-14-4-1-9-16-11-14/h1,4-9,11H,2-3,10,15H2. The molecule has 88 valence electrons. The molecule has 0 saturated heterocycles. The van der Waals surface area contributed by atoms with Crippen LogP contribution in [0.5, 0.6) is 5.75 Å².